The zero-order chi connectivity index (χ0) is 10.7. The van der Waals surface area contributed by atoms with Crippen LogP contribution in [0.5, 0.6) is 5.75 Å². The summed E-state index contributed by atoms with van der Waals surface area (Å²) in [5, 5.41) is 17.5. The van der Waals surface area contributed by atoms with Crippen LogP contribution in [0.25, 0.3) is 0 Å². The molecule has 0 bridgehead atoms. The van der Waals surface area contributed by atoms with E-state index in [0.717, 1.165) is 6.20 Å². The van der Waals surface area contributed by atoms with Crippen LogP contribution in [0.15, 0.2) is 6.20 Å². The molecule has 0 aromatic carbocycles. The Kier molecular flexibility index (Phi) is 2.72. The lowest BCUT2D eigenvalue weighted by Crippen LogP contribution is -1.98. The summed E-state index contributed by atoms with van der Waals surface area (Å²) >= 11 is 0. The van der Waals surface area contributed by atoms with Crippen LogP contribution in [-0.4, -0.2) is 16.4 Å². The predicted molar refractivity (Wildman–Crippen MR) is 41.0 cm³/mol. The Bertz CT molecular complexity index is 413. The molecule has 1 heterocycles. The number of hydrogen-bond acceptors (Lipinski definition) is 4. The van der Waals surface area contributed by atoms with Crippen LogP contribution >= 0.6 is 0 Å². The number of carbonyl (C=O) groups is 1. The molecule has 0 aliphatic heterocycles. The Labute approximate surface area is 77.4 Å². The molecular weight excluding hydrogens is 194 g/mol. The number of pyridine rings is 1. The van der Waals surface area contributed by atoms with Crippen LogP contribution in [0.1, 0.15) is 28.0 Å². The lowest BCUT2D eigenvalue weighted by molar-refractivity contribution is 0.110. The maximum atomic E-state index is 12.3. The van der Waals surface area contributed by atoms with Gasteiger partial charge in [0, 0.05) is 11.8 Å². The maximum Gasteiger partial charge on any atom is 0.268 e. The smallest absolute Gasteiger partial charge is 0.268 e. The van der Waals surface area contributed by atoms with E-state index in [-0.39, 0.29) is 6.29 Å². The molecule has 1 rings (SSSR count). The van der Waals surface area contributed by atoms with Gasteiger partial charge in [-0.15, -0.1) is 0 Å². The van der Waals surface area contributed by atoms with Gasteiger partial charge in [-0.2, -0.15) is 5.26 Å². The van der Waals surface area contributed by atoms with Crippen molar-refractivity contribution < 1.29 is 18.7 Å². The molecule has 1 aromatic rings. The molecule has 0 saturated heterocycles. The zero-order valence-corrected chi connectivity index (χ0v) is 6.74. The lowest BCUT2D eigenvalue weighted by Gasteiger charge is -2.06. The van der Waals surface area contributed by atoms with E-state index >= 15 is 0 Å². The fraction of sp³-hybridized carbons (Fsp3) is 0.125. The number of halogens is 2. The third kappa shape index (κ3) is 1.52. The minimum absolute atomic E-state index is 0.148. The number of rotatable bonds is 2. The van der Waals surface area contributed by atoms with E-state index in [0.29, 0.717) is 0 Å². The number of carbonyl (C=O) groups excluding carboxylic acids is 1. The Morgan fingerprint density at radius 2 is 2.29 bits per heavy atom. The van der Waals surface area contributed by atoms with Gasteiger partial charge in [-0.25, -0.2) is 13.8 Å². The van der Waals surface area contributed by atoms with E-state index in [1.165, 1.54) is 6.07 Å². The number of aromatic nitrogens is 1. The van der Waals surface area contributed by atoms with E-state index in [1.807, 2.05) is 0 Å². The maximum absolute atomic E-state index is 12.3. The molecule has 14 heavy (non-hydrogen) atoms. The van der Waals surface area contributed by atoms with E-state index in [9.17, 15) is 13.6 Å². The largest absolute Gasteiger partial charge is 0.504 e. The van der Waals surface area contributed by atoms with Crippen LogP contribution in [-0.2, 0) is 0 Å². The number of nitriles is 1. The van der Waals surface area contributed by atoms with Gasteiger partial charge >= 0.3 is 0 Å². The van der Waals surface area contributed by atoms with Crippen molar-refractivity contribution in [2.75, 3.05) is 0 Å². The second kappa shape index (κ2) is 3.79. The van der Waals surface area contributed by atoms with Crippen LogP contribution in [0.2, 0.25) is 0 Å². The number of nitrogens with zero attached hydrogens (tertiary/aromatic N) is 2. The highest BCUT2D eigenvalue weighted by Gasteiger charge is 2.21. The van der Waals surface area contributed by atoms with Gasteiger partial charge in [-0.1, -0.05) is 0 Å². The van der Waals surface area contributed by atoms with Gasteiger partial charge in [-0.05, 0) is 0 Å². The summed E-state index contributed by atoms with van der Waals surface area (Å²) in [5.74, 6) is -0.938. The zero-order valence-electron chi connectivity index (χ0n) is 6.74. The number of alkyl halides is 2. The first kappa shape index (κ1) is 10.1. The molecule has 1 aromatic heterocycles. The lowest BCUT2D eigenvalue weighted by atomic mass is 10.1. The molecule has 72 valence electrons. The Morgan fingerprint density at radius 1 is 1.64 bits per heavy atom. The third-order valence-corrected chi connectivity index (χ3v) is 1.57. The molecule has 6 heteroatoms. The van der Waals surface area contributed by atoms with E-state index in [1.54, 1.807) is 0 Å². The van der Waals surface area contributed by atoms with Gasteiger partial charge in [0.05, 0.1) is 5.56 Å². The Hall–Kier alpha value is -2.03. The van der Waals surface area contributed by atoms with Crippen LogP contribution < -0.4 is 0 Å². The summed E-state index contributed by atoms with van der Waals surface area (Å²) < 4.78 is 24.7. The second-order valence-electron chi connectivity index (χ2n) is 2.35. The molecule has 0 aliphatic carbocycles. The first-order valence-electron chi connectivity index (χ1n) is 3.47. The molecule has 1 N–H and O–H groups in total. The van der Waals surface area contributed by atoms with Gasteiger partial charge in [-0.3, -0.25) is 4.79 Å². The highest BCUT2D eigenvalue weighted by Crippen LogP contribution is 2.31. The van der Waals surface area contributed by atoms with Gasteiger partial charge in [0.15, 0.2) is 17.7 Å². The minimum atomic E-state index is -3.02. The molecule has 0 unspecified atom stereocenters. The molecule has 0 aliphatic rings. The topological polar surface area (TPSA) is 74.0 Å². The van der Waals surface area contributed by atoms with Crippen molar-refractivity contribution >= 4 is 6.29 Å². The Morgan fingerprint density at radius 3 is 2.71 bits per heavy atom. The summed E-state index contributed by atoms with van der Waals surface area (Å²) in [6.45, 7) is 0. The molecule has 0 radical (unpaired) electrons. The van der Waals surface area contributed by atoms with Crippen molar-refractivity contribution in [3.8, 4) is 11.8 Å². The number of hydrogen-bond donors (Lipinski definition) is 1. The normalized spacial score (nSPS) is 9.86. The van der Waals surface area contributed by atoms with Crippen LogP contribution in [0, 0.1) is 11.3 Å². The quantitative estimate of drug-likeness (QED) is 0.729. The highest BCUT2D eigenvalue weighted by molar-refractivity contribution is 5.78. The van der Waals surface area contributed by atoms with Gasteiger partial charge in [0.1, 0.15) is 6.07 Å². The number of aromatic hydroxyl groups is 1. The van der Waals surface area contributed by atoms with Crippen LogP contribution in [0.3, 0.4) is 0 Å². The van der Waals surface area contributed by atoms with E-state index in [4.69, 9.17) is 10.4 Å². The van der Waals surface area contributed by atoms with Gasteiger partial charge in [0.25, 0.3) is 6.43 Å². The second-order valence-corrected chi connectivity index (χ2v) is 2.35. The molecule has 0 atom stereocenters. The summed E-state index contributed by atoms with van der Waals surface area (Å²) in [7, 11) is 0. The minimum Gasteiger partial charge on any atom is -0.504 e. The molecule has 4 nitrogen and oxygen atoms in total. The standard InChI is InChI=1S/C8H4F2N2O2/c9-8(10)6-4(3-13)2-12-5(1-11)7(6)14/h2-3,8,14H. The summed E-state index contributed by atoms with van der Waals surface area (Å²) in [5.41, 5.74) is -1.80. The van der Waals surface area contributed by atoms with Crippen molar-refractivity contribution in [3.05, 3.63) is 23.0 Å². The van der Waals surface area contributed by atoms with E-state index in [2.05, 4.69) is 4.98 Å². The molecular formula is C8H4F2N2O2. The average molecular weight is 198 g/mol. The molecule has 0 saturated carbocycles. The molecule has 0 spiro atoms. The summed E-state index contributed by atoms with van der Waals surface area (Å²) in [6, 6.07) is 1.43. The monoisotopic (exact) mass is 198 g/mol. The first-order chi connectivity index (χ1) is 6.61. The van der Waals surface area contributed by atoms with Gasteiger partial charge in [0.2, 0.25) is 0 Å². The molecule has 0 amide bonds. The third-order valence-electron chi connectivity index (χ3n) is 1.57. The summed E-state index contributed by atoms with van der Waals surface area (Å²) in [6.07, 6.45) is -2.05. The number of aldehydes is 1. The SMILES string of the molecule is N#Cc1ncc(C=O)c(C(F)F)c1O. The first-order valence-corrected chi connectivity index (χ1v) is 3.47. The van der Waals surface area contributed by atoms with Crippen molar-refractivity contribution in [2.45, 2.75) is 6.43 Å². The molecule has 0 fully saturated rings. The van der Waals surface area contributed by atoms with Crippen molar-refractivity contribution in [1.82, 2.24) is 4.98 Å². The average Bonchev–Trinajstić information content (AvgIpc) is 2.16. The summed E-state index contributed by atoms with van der Waals surface area (Å²) in [4.78, 5) is 13.7. The predicted octanol–water partition coefficient (Wildman–Crippen LogP) is 1.41. The van der Waals surface area contributed by atoms with Crippen molar-refractivity contribution in [2.24, 2.45) is 0 Å². The van der Waals surface area contributed by atoms with Crippen molar-refractivity contribution in [1.29, 1.82) is 5.26 Å². The van der Waals surface area contributed by atoms with Crippen molar-refractivity contribution in [3.63, 3.8) is 0 Å². The van der Waals surface area contributed by atoms with E-state index < -0.39 is 29.0 Å². The van der Waals surface area contributed by atoms with Crippen LogP contribution in [0.4, 0.5) is 8.78 Å². The fourth-order valence-electron chi connectivity index (χ4n) is 0.934. The van der Waals surface area contributed by atoms with Gasteiger partial charge < -0.3 is 5.11 Å². The Balaban J connectivity index is 3.48. The highest BCUT2D eigenvalue weighted by atomic mass is 19.3. The fourth-order valence-corrected chi connectivity index (χ4v) is 0.934.